The molecule has 31 heavy (non-hydrogen) atoms. The third-order valence-corrected chi connectivity index (χ3v) is 9.02. The first-order chi connectivity index (χ1) is 14.8. The van der Waals surface area contributed by atoms with Gasteiger partial charge in [-0.3, -0.25) is 9.48 Å². The molecular weight excluding hydrogens is 409 g/mol. The SMILES string of the molecule is [B][B]N1CCC(N(C)c2c(Cl)c(C(=O)CC3C4CC5CC3CC(O)(C5)C4)nn2C)CC1. The van der Waals surface area contributed by atoms with E-state index >= 15 is 0 Å². The van der Waals surface area contributed by atoms with E-state index in [-0.39, 0.29) is 5.78 Å². The number of halogens is 1. The van der Waals surface area contributed by atoms with Crippen molar-refractivity contribution in [2.24, 2.45) is 30.7 Å². The first kappa shape index (κ1) is 21.8. The monoisotopic (exact) mass is 441 g/mol. The molecule has 4 saturated carbocycles. The molecule has 0 spiro atoms. The Hall–Kier alpha value is -0.980. The number of ketones is 1. The van der Waals surface area contributed by atoms with E-state index in [1.165, 1.54) is 12.8 Å². The molecule has 3 radical (unpaired) electrons. The molecule has 5 aliphatic rings. The minimum atomic E-state index is -0.466. The summed E-state index contributed by atoms with van der Waals surface area (Å²) in [5.74, 6) is 2.82. The molecule has 2 atom stereocenters. The molecular formula is C22H32B2ClN4O2. The summed E-state index contributed by atoms with van der Waals surface area (Å²) >= 11 is 6.76. The number of hydrogen-bond donors (Lipinski definition) is 1. The van der Waals surface area contributed by atoms with Gasteiger partial charge in [0.05, 0.1) is 5.60 Å². The zero-order valence-electron chi connectivity index (χ0n) is 18.6. The molecule has 1 N–H and O–H groups in total. The fourth-order valence-electron chi connectivity index (χ4n) is 7.38. The number of hydrogen-bond acceptors (Lipinski definition) is 5. The highest BCUT2D eigenvalue weighted by molar-refractivity contribution is 6.87. The quantitative estimate of drug-likeness (QED) is 0.543. The van der Waals surface area contributed by atoms with Gasteiger partial charge in [0.2, 0.25) is 0 Å². The van der Waals surface area contributed by atoms with Gasteiger partial charge in [0.25, 0.3) is 0 Å². The maximum absolute atomic E-state index is 13.3. The second kappa shape index (κ2) is 8.10. The first-order valence-corrected chi connectivity index (χ1v) is 12.2. The largest absolute Gasteiger partial charge is 0.390 e. The molecule has 1 saturated heterocycles. The second-order valence-electron chi connectivity index (χ2n) is 10.6. The van der Waals surface area contributed by atoms with Crippen molar-refractivity contribution in [3.05, 3.63) is 10.7 Å². The van der Waals surface area contributed by atoms with E-state index < -0.39 is 5.60 Å². The van der Waals surface area contributed by atoms with Gasteiger partial charge in [-0.05, 0) is 81.7 Å². The van der Waals surface area contributed by atoms with Crippen molar-refractivity contribution in [3.63, 3.8) is 0 Å². The Labute approximate surface area is 192 Å². The van der Waals surface area contributed by atoms with E-state index in [0.717, 1.165) is 51.0 Å². The van der Waals surface area contributed by atoms with Crippen LogP contribution in [0.5, 0.6) is 0 Å². The molecule has 4 bridgehead atoms. The number of aryl methyl sites for hydroxylation is 1. The maximum Gasteiger partial charge on any atom is 0.184 e. The number of Topliss-reactive ketones (excluding diaryl/α,β-unsaturated/α-hetero) is 1. The first-order valence-electron chi connectivity index (χ1n) is 11.8. The second-order valence-corrected chi connectivity index (χ2v) is 11.0. The average molecular weight is 442 g/mol. The van der Waals surface area contributed by atoms with Crippen LogP contribution in [-0.2, 0) is 7.05 Å². The predicted octanol–water partition coefficient (Wildman–Crippen LogP) is 2.44. The molecule has 2 heterocycles. The van der Waals surface area contributed by atoms with E-state index in [4.69, 9.17) is 19.3 Å². The van der Waals surface area contributed by atoms with Crippen molar-refractivity contribution in [1.82, 2.24) is 14.6 Å². The van der Waals surface area contributed by atoms with Crippen LogP contribution in [0.1, 0.15) is 61.9 Å². The lowest BCUT2D eigenvalue weighted by Crippen LogP contribution is -2.54. The summed E-state index contributed by atoms with van der Waals surface area (Å²) < 4.78 is 1.76. The van der Waals surface area contributed by atoms with Crippen molar-refractivity contribution in [2.45, 2.75) is 63.0 Å². The molecule has 1 aliphatic heterocycles. The molecule has 4 aliphatic carbocycles. The van der Waals surface area contributed by atoms with Crippen molar-refractivity contribution in [1.29, 1.82) is 0 Å². The minimum Gasteiger partial charge on any atom is -0.390 e. The number of piperidine rings is 1. The summed E-state index contributed by atoms with van der Waals surface area (Å²) in [6.45, 7) is 1.84. The van der Waals surface area contributed by atoms with E-state index in [9.17, 15) is 9.90 Å². The zero-order chi connectivity index (χ0) is 21.9. The van der Waals surface area contributed by atoms with Crippen molar-refractivity contribution in [3.8, 4) is 0 Å². The lowest BCUT2D eigenvalue weighted by molar-refractivity contribution is -0.151. The third-order valence-electron chi connectivity index (χ3n) is 8.67. The van der Waals surface area contributed by atoms with Crippen LogP contribution in [0.15, 0.2) is 0 Å². The zero-order valence-corrected chi connectivity index (χ0v) is 19.4. The molecule has 1 aromatic heterocycles. The summed E-state index contributed by atoms with van der Waals surface area (Å²) in [5.41, 5.74) is -0.0579. The highest BCUT2D eigenvalue weighted by atomic mass is 35.5. The number of aromatic nitrogens is 2. The van der Waals surface area contributed by atoms with Gasteiger partial charge in [-0.1, -0.05) is 11.6 Å². The molecule has 165 valence electrons. The summed E-state index contributed by atoms with van der Waals surface area (Å²) in [7, 11) is 11.2. The molecule has 0 aromatic carbocycles. The molecule has 1 aromatic rings. The van der Waals surface area contributed by atoms with Crippen LogP contribution < -0.4 is 4.90 Å². The summed E-state index contributed by atoms with van der Waals surface area (Å²) in [6.07, 6.45) is 7.50. The average Bonchev–Trinajstić information content (AvgIpc) is 3.03. The lowest BCUT2D eigenvalue weighted by atomic mass is 9.49. The highest BCUT2D eigenvalue weighted by Crippen LogP contribution is 2.59. The summed E-state index contributed by atoms with van der Waals surface area (Å²) in [4.78, 5) is 17.6. The number of rotatable bonds is 6. The number of nitrogens with zero attached hydrogens (tertiary/aromatic N) is 4. The molecule has 6 nitrogen and oxygen atoms in total. The van der Waals surface area contributed by atoms with E-state index in [1.807, 2.05) is 14.1 Å². The summed E-state index contributed by atoms with van der Waals surface area (Å²) in [5, 5.41) is 15.9. The van der Waals surface area contributed by atoms with Crippen molar-refractivity contribution < 1.29 is 9.90 Å². The van der Waals surface area contributed by atoms with Crippen LogP contribution in [-0.4, -0.2) is 72.3 Å². The fraction of sp³-hybridized carbons (Fsp3) is 0.818. The van der Waals surface area contributed by atoms with E-state index in [2.05, 4.69) is 14.8 Å². The number of aliphatic hydroxyl groups is 1. The number of carbonyl (C=O) groups is 1. The third kappa shape index (κ3) is 3.87. The molecule has 9 heteroatoms. The molecule has 2 unspecified atom stereocenters. The van der Waals surface area contributed by atoms with Gasteiger partial charge >= 0.3 is 0 Å². The van der Waals surface area contributed by atoms with Crippen LogP contribution in [0.4, 0.5) is 5.82 Å². The normalized spacial score (nSPS) is 35.5. The van der Waals surface area contributed by atoms with Gasteiger partial charge < -0.3 is 14.8 Å². The minimum absolute atomic E-state index is 0.0530. The van der Waals surface area contributed by atoms with Crippen LogP contribution in [0, 0.1) is 23.7 Å². The Morgan fingerprint density at radius 1 is 1.29 bits per heavy atom. The van der Waals surface area contributed by atoms with Gasteiger partial charge in [-0.25, -0.2) is 0 Å². The Morgan fingerprint density at radius 2 is 1.94 bits per heavy atom. The van der Waals surface area contributed by atoms with E-state index in [1.54, 1.807) is 12.0 Å². The number of anilines is 1. The lowest BCUT2D eigenvalue weighted by Gasteiger charge is -2.58. The fourth-order valence-corrected chi connectivity index (χ4v) is 7.78. The standard InChI is InChI=1S/C22H32B2ClN4O2/c1-27(16-3-5-29(24-23)6-4-16)21-19(25)20(26-28(21)2)18(30)9-17-14-7-13-8-15(17)12-22(31,10-13)11-14/h13-17,31H,3-12H2,1-2H3. The van der Waals surface area contributed by atoms with Crippen molar-refractivity contribution in [2.75, 3.05) is 25.0 Å². The molecule has 5 fully saturated rings. The van der Waals surface area contributed by atoms with Gasteiger partial charge in [0.1, 0.15) is 23.8 Å². The van der Waals surface area contributed by atoms with Crippen molar-refractivity contribution >= 4 is 38.2 Å². The van der Waals surface area contributed by atoms with Crippen LogP contribution in [0.25, 0.3) is 0 Å². The topological polar surface area (TPSA) is 61.6 Å². The van der Waals surface area contributed by atoms with Crippen LogP contribution >= 0.6 is 11.6 Å². The maximum atomic E-state index is 13.3. The van der Waals surface area contributed by atoms with Gasteiger partial charge in [-0.2, -0.15) is 5.10 Å². The summed E-state index contributed by atoms with van der Waals surface area (Å²) in [6, 6.07) is 0.345. The Morgan fingerprint density at radius 3 is 2.52 bits per heavy atom. The predicted molar refractivity (Wildman–Crippen MR) is 124 cm³/mol. The Balaban J connectivity index is 1.30. The Bertz CT molecular complexity index is 841. The van der Waals surface area contributed by atoms with Gasteiger partial charge in [0.15, 0.2) is 5.78 Å². The number of carbonyl (C=O) groups excluding carboxylic acids is 1. The highest BCUT2D eigenvalue weighted by Gasteiger charge is 2.54. The van der Waals surface area contributed by atoms with Crippen LogP contribution in [0.2, 0.25) is 5.02 Å². The smallest absolute Gasteiger partial charge is 0.184 e. The molecule has 0 amide bonds. The van der Waals surface area contributed by atoms with E-state index in [0.29, 0.717) is 46.9 Å². The van der Waals surface area contributed by atoms with Gasteiger partial charge in [0, 0.05) is 34.3 Å². The van der Waals surface area contributed by atoms with Gasteiger partial charge in [-0.15, -0.1) is 0 Å². The molecule has 6 rings (SSSR count). The van der Waals surface area contributed by atoms with Crippen LogP contribution in [0.3, 0.4) is 0 Å². The Kier molecular flexibility index (Phi) is 5.71.